The number of hydrogen-bond donors (Lipinski definition) is 2. The maximum Gasteiger partial charge on any atom is 0.255 e. The van der Waals surface area contributed by atoms with Crippen LogP contribution in [-0.2, 0) is 6.42 Å². The van der Waals surface area contributed by atoms with Crippen molar-refractivity contribution < 1.29 is 14.3 Å². The molecule has 0 aliphatic carbocycles. The summed E-state index contributed by atoms with van der Waals surface area (Å²) in [4.78, 5) is 12.4. The third-order valence-corrected chi connectivity index (χ3v) is 3.80. The van der Waals surface area contributed by atoms with Crippen molar-refractivity contribution in [1.82, 2.24) is 0 Å². The van der Waals surface area contributed by atoms with E-state index < -0.39 is 0 Å². The standard InChI is InChI=1S/C18H20N2O3/c1-3-23-16-7-5-14(11-17(16)22-2)20-18(21)13-4-6-15-12(10-13)8-9-19-15/h4-7,10-11,19H,3,8-9H2,1-2H3,(H,20,21). The Morgan fingerprint density at radius 1 is 1.22 bits per heavy atom. The Kier molecular flexibility index (Phi) is 4.37. The summed E-state index contributed by atoms with van der Waals surface area (Å²) in [5.74, 6) is 1.13. The van der Waals surface area contributed by atoms with Gasteiger partial charge in [-0.3, -0.25) is 4.79 Å². The van der Waals surface area contributed by atoms with E-state index in [0.717, 1.165) is 18.7 Å². The normalized spacial score (nSPS) is 12.3. The molecule has 23 heavy (non-hydrogen) atoms. The average molecular weight is 312 g/mol. The van der Waals surface area contributed by atoms with Gasteiger partial charge >= 0.3 is 0 Å². The summed E-state index contributed by atoms with van der Waals surface area (Å²) in [6, 6.07) is 11.1. The summed E-state index contributed by atoms with van der Waals surface area (Å²) in [5, 5.41) is 6.19. The number of carbonyl (C=O) groups is 1. The number of amides is 1. The van der Waals surface area contributed by atoms with Crippen molar-refractivity contribution in [3.05, 3.63) is 47.5 Å². The fourth-order valence-electron chi connectivity index (χ4n) is 2.67. The minimum Gasteiger partial charge on any atom is -0.493 e. The molecule has 1 aliphatic rings. The molecule has 0 aromatic heterocycles. The molecule has 0 spiro atoms. The van der Waals surface area contributed by atoms with Crippen LogP contribution < -0.4 is 20.1 Å². The Morgan fingerprint density at radius 2 is 2.09 bits per heavy atom. The van der Waals surface area contributed by atoms with Crippen molar-refractivity contribution in [1.29, 1.82) is 0 Å². The van der Waals surface area contributed by atoms with E-state index in [9.17, 15) is 4.79 Å². The second-order valence-corrected chi connectivity index (χ2v) is 5.30. The number of carbonyl (C=O) groups excluding carboxylic acids is 1. The monoisotopic (exact) mass is 312 g/mol. The van der Waals surface area contributed by atoms with E-state index in [2.05, 4.69) is 10.6 Å². The third kappa shape index (κ3) is 3.23. The van der Waals surface area contributed by atoms with Crippen LogP contribution in [0.4, 0.5) is 11.4 Å². The maximum atomic E-state index is 12.4. The van der Waals surface area contributed by atoms with Crippen molar-refractivity contribution in [3.63, 3.8) is 0 Å². The van der Waals surface area contributed by atoms with Crippen LogP contribution in [0.1, 0.15) is 22.8 Å². The smallest absolute Gasteiger partial charge is 0.255 e. The predicted octanol–water partition coefficient (Wildman–Crippen LogP) is 3.31. The zero-order chi connectivity index (χ0) is 16.2. The van der Waals surface area contributed by atoms with Gasteiger partial charge in [0.2, 0.25) is 0 Å². The van der Waals surface area contributed by atoms with Gasteiger partial charge in [-0.1, -0.05) is 0 Å². The Labute approximate surface area is 135 Å². The van der Waals surface area contributed by atoms with Crippen LogP contribution in [0.3, 0.4) is 0 Å². The number of hydrogen-bond acceptors (Lipinski definition) is 4. The van der Waals surface area contributed by atoms with E-state index in [0.29, 0.717) is 29.4 Å². The molecule has 0 fully saturated rings. The van der Waals surface area contributed by atoms with Crippen LogP contribution >= 0.6 is 0 Å². The number of ether oxygens (including phenoxy) is 2. The van der Waals surface area contributed by atoms with Gasteiger partial charge in [0, 0.05) is 29.5 Å². The quantitative estimate of drug-likeness (QED) is 0.889. The van der Waals surface area contributed by atoms with Gasteiger partial charge < -0.3 is 20.1 Å². The number of fused-ring (bicyclic) bond motifs is 1. The number of anilines is 2. The lowest BCUT2D eigenvalue weighted by Crippen LogP contribution is -2.12. The van der Waals surface area contributed by atoms with Crippen LogP contribution in [0.15, 0.2) is 36.4 Å². The fourth-order valence-corrected chi connectivity index (χ4v) is 2.67. The highest BCUT2D eigenvalue weighted by Gasteiger charge is 2.14. The number of nitrogens with one attached hydrogen (secondary N) is 2. The first-order valence-corrected chi connectivity index (χ1v) is 7.70. The summed E-state index contributed by atoms with van der Waals surface area (Å²) in [6.07, 6.45) is 0.952. The lowest BCUT2D eigenvalue weighted by Gasteiger charge is -2.12. The average Bonchev–Trinajstić information content (AvgIpc) is 3.04. The SMILES string of the molecule is CCOc1ccc(NC(=O)c2ccc3c(c2)CCN3)cc1OC. The van der Waals surface area contributed by atoms with Crippen molar-refractivity contribution in [2.45, 2.75) is 13.3 Å². The molecule has 1 aliphatic heterocycles. The van der Waals surface area contributed by atoms with Gasteiger partial charge in [0.05, 0.1) is 13.7 Å². The molecule has 0 saturated heterocycles. The molecule has 0 bridgehead atoms. The number of rotatable bonds is 5. The Bertz CT molecular complexity index is 728. The molecular formula is C18H20N2O3. The predicted molar refractivity (Wildman–Crippen MR) is 90.8 cm³/mol. The summed E-state index contributed by atoms with van der Waals surface area (Å²) in [5.41, 5.74) is 3.63. The molecule has 120 valence electrons. The zero-order valence-electron chi connectivity index (χ0n) is 13.3. The summed E-state index contributed by atoms with van der Waals surface area (Å²) in [6.45, 7) is 3.40. The summed E-state index contributed by atoms with van der Waals surface area (Å²) in [7, 11) is 1.58. The van der Waals surface area contributed by atoms with Crippen molar-refractivity contribution in [2.75, 3.05) is 30.9 Å². The Balaban J connectivity index is 1.77. The summed E-state index contributed by atoms with van der Waals surface area (Å²) < 4.78 is 10.8. The molecule has 5 heteroatoms. The molecule has 0 saturated carbocycles. The first-order chi connectivity index (χ1) is 11.2. The van der Waals surface area contributed by atoms with Gasteiger partial charge in [-0.2, -0.15) is 0 Å². The zero-order valence-corrected chi connectivity index (χ0v) is 13.3. The molecule has 1 heterocycles. The first-order valence-electron chi connectivity index (χ1n) is 7.70. The van der Waals surface area contributed by atoms with Crippen LogP contribution in [0, 0.1) is 0 Å². The van der Waals surface area contributed by atoms with Crippen LogP contribution in [0.25, 0.3) is 0 Å². The van der Waals surface area contributed by atoms with E-state index in [1.165, 1.54) is 5.56 Å². The van der Waals surface area contributed by atoms with Crippen molar-refractivity contribution in [3.8, 4) is 11.5 Å². The van der Waals surface area contributed by atoms with Crippen LogP contribution in [0.5, 0.6) is 11.5 Å². The molecule has 0 atom stereocenters. The lowest BCUT2D eigenvalue weighted by atomic mass is 10.1. The minimum atomic E-state index is -0.133. The molecular weight excluding hydrogens is 292 g/mol. The largest absolute Gasteiger partial charge is 0.493 e. The molecule has 3 rings (SSSR count). The molecule has 5 nitrogen and oxygen atoms in total. The number of methoxy groups -OCH3 is 1. The first kappa shape index (κ1) is 15.2. The molecule has 1 amide bonds. The third-order valence-electron chi connectivity index (χ3n) is 3.80. The summed E-state index contributed by atoms with van der Waals surface area (Å²) >= 11 is 0. The van der Waals surface area contributed by atoms with Gasteiger partial charge in [-0.05, 0) is 49.2 Å². The second kappa shape index (κ2) is 6.60. The van der Waals surface area contributed by atoms with E-state index in [1.54, 1.807) is 25.3 Å². The van der Waals surface area contributed by atoms with Gasteiger partial charge in [0.25, 0.3) is 5.91 Å². The molecule has 2 aromatic rings. The molecule has 2 N–H and O–H groups in total. The van der Waals surface area contributed by atoms with E-state index in [-0.39, 0.29) is 5.91 Å². The van der Waals surface area contributed by atoms with Gasteiger partial charge in [-0.15, -0.1) is 0 Å². The molecule has 0 radical (unpaired) electrons. The van der Waals surface area contributed by atoms with Crippen LogP contribution in [0.2, 0.25) is 0 Å². The fraction of sp³-hybridized carbons (Fsp3) is 0.278. The van der Waals surface area contributed by atoms with E-state index in [1.807, 2.05) is 25.1 Å². The highest BCUT2D eigenvalue weighted by molar-refractivity contribution is 6.04. The second-order valence-electron chi connectivity index (χ2n) is 5.30. The van der Waals surface area contributed by atoms with Gasteiger partial charge in [-0.25, -0.2) is 0 Å². The van der Waals surface area contributed by atoms with E-state index in [4.69, 9.17) is 9.47 Å². The Hall–Kier alpha value is -2.69. The van der Waals surface area contributed by atoms with Crippen LogP contribution in [-0.4, -0.2) is 26.2 Å². The van der Waals surface area contributed by atoms with Gasteiger partial charge in [0.15, 0.2) is 11.5 Å². The highest BCUT2D eigenvalue weighted by atomic mass is 16.5. The molecule has 0 unspecified atom stereocenters. The Morgan fingerprint density at radius 3 is 2.87 bits per heavy atom. The van der Waals surface area contributed by atoms with Crippen molar-refractivity contribution >= 4 is 17.3 Å². The van der Waals surface area contributed by atoms with Gasteiger partial charge in [0.1, 0.15) is 0 Å². The van der Waals surface area contributed by atoms with Crippen molar-refractivity contribution in [2.24, 2.45) is 0 Å². The lowest BCUT2D eigenvalue weighted by molar-refractivity contribution is 0.102. The maximum absolute atomic E-state index is 12.4. The topological polar surface area (TPSA) is 59.6 Å². The molecule has 2 aromatic carbocycles. The highest BCUT2D eigenvalue weighted by Crippen LogP contribution is 2.30. The minimum absolute atomic E-state index is 0.133. The number of benzene rings is 2. The van der Waals surface area contributed by atoms with E-state index >= 15 is 0 Å².